The number of rotatable bonds is 4. The van der Waals surface area contributed by atoms with Gasteiger partial charge in [-0.15, -0.1) is 0 Å². The molecular formula is C16H23N3O3S. The minimum atomic E-state index is -2.99. The minimum absolute atomic E-state index is 0.0278. The zero-order valence-electron chi connectivity index (χ0n) is 13.1. The van der Waals surface area contributed by atoms with Gasteiger partial charge in [0.1, 0.15) is 5.69 Å². The molecule has 1 aliphatic heterocycles. The highest BCUT2D eigenvalue weighted by Gasteiger charge is 2.29. The van der Waals surface area contributed by atoms with Gasteiger partial charge in [-0.3, -0.25) is 4.79 Å². The number of nitrogens with one attached hydrogen (secondary N) is 2. The molecule has 1 aliphatic carbocycles. The largest absolute Gasteiger partial charge is 0.381 e. The van der Waals surface area contributed by atoms with E-state index in [0.717, 1.165) is 5.69 Å². The zero-order chi connectivity index (χ0) is 16.3. The summed E-state index contributed by atoms with van der Waals surface area (Å²) in [4.78, 5) is 16.3. The van der Waals surface area contributed by atoms with Gasteiger partial charge in [-0.2, -0.15) is 0 Å². The van der Waals surface area contributed by atoms with E-state index in [9.17, 15) is 13.2 Å². The van der Waals surface area contributed by atoms with E-state index in [2.05, 4.69) is 15.6 Å². The first-order valence-corrected chi connectivity index (χ1v) is 10.1. The summed E-state index contributed by atoms with van der Waals surface area (Å²) in [6, 6.07) is 3.74. The van der Waals surface area contributed by atoms with Gasteiger partial charge < -0.3 is 10.6 Å². The lowest BCUT2D eigenvalue weighted by atomic mass is 9.95. The number of aromatic nitrogens is 1. The fourth-order valence-electron chi connectivity index (χ4n) is 3.26. The Morgan fingerprint density at radius 1 is 1.09 bits per heavy atom. The summed E-state index contributed by atoms with van der Waals surface area (Å²) < 4.78 is 22.8. The molecule has 0 aromatic carbocycles. The fourth-order valence-corrected chi connectivity index (χ4v) is 4.94. The van der Waals surface area contributed by atoms with Crippen LogP contribution in [0.15, 0.2) is 18.3 Å². The number of sulfone groups is 1. The molecular weight excluding hydrogens is 314 g/mol. The fraction of sp³-hybridized carbons (Fsp3) is 0.625. The molecule has 6 nitrogen and oxygen atoms in total. The van der Waals surface area contributed by atoms with Gasteiger partial charge in [-0.05, 0) is 31.4 Å². The van der Waals surface area contributed by atoms with E-state index in [4.69, 9.17) is 0 Å². The van der Waals surface area contributed by atoms with Gasteiger partial charge in [0, 0.05) is 12.1 Å². The first kappa shape index (κ1) is 16.2. The molecule has 1 unspecified atom stereocenters. The summed E-state index contributed by atoms with van der Waals surface area (Å²) in [5.74, 6) is -0.133. The Kier molecular flexibility index (Phi) is 4.84. The minimum Gasteiger partial charge on any atom is -0.381 e. The van der Waals surface area contributed by atoms with Crippen molar-refractivity contribution in [2.75, 3.05) is 16.8 Å². The van der Waals surface area contributed by atoms with Crippen LogP contribution in [0.1, 0.15) is 49.0 Å². The highest BCUT2D eigenvalue weighted by atomic mass is 32.2. The van der Waals surface area contributed by atoms with Gasteiger partial charge in [0.2, 0.25) is 0 Å². The summed E-state index contributed by atoms with van der Waals surface area (Å²) >= 11 is 0. The molecule has 1 saturated heterocycles. The maximum atomic E-state index is 12.1. The summed E-state index contributed by atoms with van der Waals surface area (Å²) in [6.45, 7) is 0. The third-order valence-corrected chi connectivity index (χ3v) is 6.31. The van der Waals surface area contributed by atoms with Crippen LogP contribution in [0.3, 0.4) is 0 Å². The number of pyridine rings is 1. The summed E-state index contributed by atoms with van der Waals surface area (Å²) in [7, 11) is -2.99. The monoisotopic (exact) mass is 337 g/mol. The summed E-state index contributed by atoms with van der Waals surface area (Å²) in [6.07, 6.45) is 8.35. The van der Waals surface area contributed by atoms with Crippen molar-refractivity contribution < 1.29 is 13.2 Å². The maximum absolute atomic E-state index is 12.1. The Morgan fingerprint density at radius 2 is 1.87 bits per heavy atom. The number of carbonyl (C=O) groups is 1. The molecule has 0 spiro atoms. The average Bonchev–Trinajstić information content (AvgIpc) is 2.88. The van der Waals surface area contributed by atoms with Crippen molar-refractivity contribution in [1.82, 2.24) is 10.3 Å². The topological polar surface area (TPSA) is 88.2 Å². The Morgan fingerprint density at radius 3 is 2.48 bits per heavy atom. The highest BCUT2D eigenvalue weighted by molar-refractivity contribution is 7.91. The van der Waals surface area contributed by atoms with E-state index in [1.807, 2.05) is 6.07 Å². The number of hydrogen-bond acceptors (Lipinski definition) is 5. The van der Waals surface area contributed by atoms with E-state index < -0.39 is 9.84 Å². The number of hydrogen-bond donors (Lipinski definition) is 2. The molecule has 0 bridgehead atoms. The van der Waals surface area contributed by atoms with Crippen molar-refractivity contribution in [2.24, 2.45) is 0 Å². The third kappa shape index (κ3) is 4.43. The molecule has 126 valence electrons. The van der Waals surface area contributed by atoms with Gasteiger partial charge in [0.05, 0.1) is 23.4 Å². The molecule has 2 N–H and O–H groups in total. The lowest BCUT2D eigenvalue weighted by Crippen LogP contribution is -2.36. The van der Waals surface area contributed by atoms with Crippen LogP contribution in [0.25, 0.3) is 0 Å². The molecule has 1 aromatic rings. The molecule has 7 heteroatoms. The van der Waals surface area contributed by atoms with Crippen molar-refractivity contribution >= 4 is 21.4 Å². The number of nitrogens with zero attached hydrogens (tertiary/aromatic N) is 1. The molecule has 23 heavy (non-hydrogen) atoms. The van der Waals surface area contributed by atoms with E-state index in [-0.39, 0.29) is 23.5 Å². The molecule has 1 amide bonds. The first-order chi connectivity index (χ1) is 11.0. The molecule has 0 radical (unpaired) electrons. The van der Waals surface area contributed by atoms with Crippen LogP contribution in [-0.2, 0) is 9.84 Å². The average molecular weight is 337 g/mol. The van der Waals surface area contributed by atoms with Gasteiger partial charge in [0.15, 0.2) is 9.84 Å². The Balaban J connectivity index is 1.55. The van der Waals surface area contributed by atoms with Crippen LogP contribution in [0, 0.1) is 0 Å². The Bertz CT molecular complexity index is 652. The number of anilines is 1. The lowest BCUT2D eigenvalue weighted by Gasteiger charge is -2.23. The van der Waals surface area contributed by atoms with Crippen LogP contribution in [0.5, 0.6) is 0 Å². The van der Waals surface area contributed by atoms with Crippen LogP contribution in [-0.4, -0.2) is 42.9 Å². The number of amides is 1. The Hall–Kier alpha value is -1.63. The summed E-state index contributed by atoms with van der Waals surface area (Å²) in [5, 5.41) is 6.21. The van der Waals surface area contributed by atoms with E-state index in [0.29, 0.717) is 18.2 Å². The quantitative estimate of drug-likeness (QED) is 0.874. The van der Waals surface area contributed by atoms with Gasteiger partial charge in [-0.25, -0.2) is 13.4 Å². The maximum Gasteiger partial charge on any atom is 0.270 e. The van der Waals surface area contributed by atoms with E-state index >= 15 is 0 Å². The van der Waals surface area contributed by atoms with Crippen molar-refractivity contribution in [3.63, 3.8) is 0 Å². The van der Waals surface area contributed by atoms with Crippen molar-refractivity contribution in [3.05, 3.63) is 24.0 Å². The number of carbonyl (C=O) groups excluding carboxylic acids is 1. The van der Waals surface area contributed by atoms with Crippen molar-refractivity contribution in [3.8, 4) is 0 Å². The van der Waals surface area contributed by atoms with Gasteiger partial charge in [-0.1, -0.05) is 19.3 Å². The van der Waals surface area contributed by atoms with Crippen LogP contribution in [0.2, 0.25) is 0 Å². The third-order valence-electron chi connectivity index (χ3n) is 4.54. The van der Waals surface area contributed by atoms with Gasteiger partial charge >= 0.3 is 0 Å². The molecule has 2 fully saturated rings. The van der Waals surface area contributed by atoms with E-state index in [1.165, 1.54) is 32.1 Å². The first-order valence-electron chi connectivity index (χ1n) is 8.26. The van der Waals surface area contributed by atoms with Crippen LogP contribution >= 0.6 is 0 Å². The molecule has 1 saturated carbocycles. The highest BCUT2D eigenvalue weighted by Crippen LogP contribution is 2.21. The molecule has 1 atom stereocenters. The lowest BCUT2D eigenvalue weighted by molar-refractivity contribution is 0.0936. The second-order valence-corrected chi connectivity index (χ2v) is 8.71. The predicted octanol–water partition coefficient (Wildman–Crippen LogP) is 1.74. The van der Waals surface area contributed by atoms with Crippen LogP contribution < -0.4 is 10.6 Å². The second kappa shape index (κ2) is 6.86. The molecule has 2 aliphatic rings. The smallest absolute Gasteiger partial charge is 0.270 e. The van der Waals surface area contributed by atoms with Crippen molar-refractivity contribution in [1.29, 1.82) is 0 Å². The summed E-state index contributed by atoms with van der Waals surface area (Å²) in [5.41, 5.74) is 1.25. The molecule has 3 rings (SSSR count). The Labute approximate surface area is 137 Å². The van der Waals surface area contributed by atoms with Crippen LogP contribution in [0.4, 0.5) is 5.69 Å². The zero-order valence-corrected chi connectivity index (χ0v) is 13.9. The predicted molar refractivity (Wildman–Crippen MR) is 89.3 cm³/mol. The molecule has 1 aromatic heterocycles. The molecule has 2 heterocycles. The standard InChI is InChI=1S/C16H23N3O3S/c20-16(19-14-8-9-23(21,22)11-14)15-7-6-13(10-17-15)18-12-4-2-1-3-5-12/h6-7,10,12,14,18H,1-5,8-9,11H2,(H,19,20). The SMILES string of the molecule is O=C(NC1CCS(=O)(=O)C1)c1ccc(NC2CCCCC2)cn1. The van der Waals surface area contributed by atoms with Gasteiger partial charge in [0.25, 0.3) is 5.91 Å². The second-order valence-electron chi connectivity index (χ2n) is 6.48. The van der Waals surface area contributed by atoms with E-state index in [1.54, 1.807) is 12.3 Å². The van der Waals surface area contributed by atoms with Crippen molar-refractivity contribution in [2.45, 2.75) is 50.6 Å². The normalized spacial score (nSPS) is 24.3.